The molecule has 6 heteroatoms. The Morgan fingerprint density at radius 2 is 1.56 bits per heavy atom. The molecular weight excluding hydrogens is 446 g/mol. The Kier molecular flexibility index (Phi) is 9.69. The summed E-state index contributed by atoms with van der Waals surface area (Å²) in [4.78, 5) is 33.0. The van der Waals surface area contributed by atoms with Crippen LogP contribution >= 0.6 is 12.4 Å². The average Bonchev–Trinajstić information content (AvgIpc) is 2.84. The van der Waals surface area contributed by atoms with Crippen molar-refractivity contribution in [1.29, 1.82) is 0 Å². The molecule has 2 aromatic rings. The van der Waals surface area contributed by atoms with E-state index in [1.54, 1.807) is 0 Å². The molecule has 4 rings (SSSR count). The molecule has 34 heavy (non-hydrogen) atoms. The lowest BCUT2D eigenvalue weighted by molar-refractivity contribution is -0.121. The van der Waals surface area contributed by atoms with Gasteiger partial charge in [-0.1, -0.05) is 42.5 Å². The number of ketones is 1. The van der Waals surface area contributed by atoms with Crippen molar-refractivity contribution in [3.8, 4) is 0 Å². The number of piperidine rings is 1. The third kappa shape index (κ3) is 6.26. The standard InChI is InChI=1S/C28H37N3O2.ClH/c1-29(2)17-9-19-31-26-14-7-6-12-24(26)27(32)25(28(31)33)13-8-18-30-20-15-23(16-21-30)22-10-4-3-5-11-22;/h3-7,10-12,14,23,25H,8-9,13,15-21H2,1-2H3;1H. The van der Waals surface area contributed by atoms with Crippen LogP contribution in [0.1, 0.15) is 53.9 Å². The molecule has 1 saturated heterocycles. The molecule has 1 amide bonds. The highest BCUT2D eigenvalue weighted by Crippen LogP contribution is 2.33. The zero-order chi connectivity index (χ0) is 23.2. The number of fused-ring (bicyclic) bond motifs is 1. The van der Waals surface area contributed by atoms with Crippen molar-refractivity contribution in [2.45, 2.75) is 38.0 Å². The van der Waals surface area contributed by atoms with Gasteiger partial charge < -0.3 is 14.7 Å². The molecule has 0 radical (unpaired) electrons. The molecule has 2 aliphatic rings. The number of rotatable bonds is 9. The van der Waals surface area contributed by atoms with Gasteiger partial charge in [0.1, 0.15) is 5.92 Å². The third-order valence-electron chi connectivity index (χ3n) is 7.15. The van der Waals surface area contributed by atoms with Crippen LogP contribution in [0.5, 0.6) is 0 Å². The molecule has 1 unspecified atom stereocenters. The van der Waals surface area contributed by atoms with Crippen LogP contribution in [0, 0.1) is 5.92 Å². The molecule has 0 bridgehead atoms. The molecule has 0 aliphatic carbocycles. The number of likely N-dealkylation sites (tertiary alicyclic amines) is 1. The van der Waals surface area contributed by atoms with E-state index in [0.717, 1.165) is 44.7 Å². The van der Waals surface area contributed by atoms with Crippen LogP contribution in [-0.4, -0.2) is 68.3 Å². The number of hydrogen-bond donors (Lipinski definition) is 0. The summed E-state index contributed by atoms with van der Waals surface area (Å²) in [5.74, 6) is 0.0970. The Hall–Kier alpha value is -2.21. The van der Waals surface area contributed by atoms with Crippen LogP contribution in [0.4, 0.5) is 5.69 Å². The lowest BCUT2D eigenvalue weighted by atomic mass is 9.86. The maximum absolute atomic E-state index is 13.3. The van der Waals surface area contributed by atoms with Gasteiger partial charge in [-0.05, 0) is 96.0 Å². The monoisotopic (exact) mass is 483 g/mol. The van der Waals surface area contributed by atoms with Crippen LogP contribution < -0.4 is 4.90 Å². The lowest BCUT2D eigenvalue weighted by Gasteiger charge is -2.35. The number of amides is 1. The van der Waals surface area contributed by atoms with Crippen molar-refractivity contribution in [2.24, 2.45) is 5.92 Å². The molecule has 0 spiro atoms. The molecular formula is C28H38ClN3O2. The van der Waals surface area contributed by atoms with E-state index in [0.29, 0.717) is 24.4 Å². The smallest absolute Gasteiger partial charge is 0.237 e. The van der Waals surface area contributed by atoms with Crippen molar-refractivity contribution in [3.05, 3.63) is 65.7 Å². The molecule has 1 atom stereocenters. The maximum atomic E-state index is 13.3. The predicted molar refractivity (Wildman–Crippen MR) is 141 cm³/mol. The highest BCUT2D eigenvalue weighted by Gasteiger charge is 2.38. The normalized spacial score (nSPS) is 19.3. The van der Waals surface area contributed by atoms with E-state index in [2.05, 4.69) is 40.1 Å². The van der Waals surface area contributed by atoms with Crippen molar-refractivity contribution < 1.29 is 9.59 Å². The lowest BCUT2D eigenvalue weighted by Crippen LogP contribution is -2.46. The van der Waals surface area contributed by atoms with E-state index in [1.165, 1.54) is 18.4 Å². The number of carbonyl (C=O) groups excluding carboxylic acids is 2. The molecule has 5 nitrogen and oxygen atoms in total. The number of Topliss-reactive ketones (excluding diaryl/α,β-unsaturated/α-hetero) is 1. The summed E-state index contributed by atoms with van der Waals surface area (Å²) in [6.07, 6.45) is 4.77. The van der Waals surface area contributed by atoms with Crippen LogP contribution in [0.3, 0.4) is 0 Å². The van der Waals surface area contributed by atoms with Gasteiger partial charge in [-0.25, -0.2) is 0 Å². The van der Waals surface area contributed by atoms with Crippen LogP contribution in [-0.2, 0) is 4.79 Å². The minimum Gasteiger partial charge on any atom is -0.311 e. The fraction of sp³-hybridized carbons (Fsp3) is 0.500. The summed E-state index contributed by atoms with van der Waals surface area (Å²) in [6.45, 7) is 4.71. The number of halogens is 1. The van der Waals surface area contributed by atoms with Gasteiger partial charge in [-0.15, -0.1) is 12.4 Å². The SMILES string of the molecule is CN(C)CCCN1C(=O)C(CCCN2CCC(c3ccccc3)CC2)C(=O)c2ccccc21.Cl. The second kappa shape index (κ2) is 12.5. The van der Waals surface area contributed by atoms with Gasteiger partial charge in [-0.2, -0.15) is 0 Å². The summed E-state index contributed by atoms with van der Waals surface area (Å²) in [6, 6.07) is 18.4. The summed E-state index contributed by atoms with van der Waals surface area (Å²) in [7, 11) is 4.09. The second-order valence-corrected chi connectivity index (χ2v) is 9.75. The zero-order valence-electron chi connectivity index (χ0n) is 20.5. The van der Waals surface area contributed by atoms with Crippen molar-refractivity contribution >= 4 is 29.8 Å². The first-order chi connectivity index (χ1) is 16.0. The highest BCUT2D eigenvalue weighted by molar-refractivity contribution is 6.21. The number of anilines is 1. The predicted octanol–water partition coefficient (Wildman–Crippen LogP) is 4.87. The molecule has 0 N–H and O–H groups in total. The minimum atomic E-state index is -0.541. The van der Waals surface area contributed by atoms with E-state index in [-0.39, 0.29) is 24.1 Å². The summed E-state index contributed by atoms with van der Waals surface area (Å²) in [5.41, 5.74) is 2.93. The third-order valence-corrected chi connectivity index (χ3v) is 7.15. The van der Waals surface area contributed by atoms with E-state index in [1.807, 2.05) is 43.3 Å². The molecule has 1 fully saturated rings. The number of nitrogens with zero attached hydrogens (tertiary/aromatic N) is 3. The Labute approximate surface area is 210 Å². The molecule has 2 aliphatic heterocycles. The van der Waals surface area contributed by atoms with Crippen LogP contribution in [0.25, 0.3) is 0 Å². The van der Waals surface area contributed by atoms with E-state index in [9.17, 15) is 9.59 Å². The minimum absolute atomic E-state index is 0. The Morgan fingerprint density at radius 1 is 0.882 bits per heavy atom. The first-order valence-electron chi connectivity index (χ1n) is 12.4. The summed E-state index contributed by atoms with van der Waals surface area (Å²) in [5, 5.41) is 0. The van der Waals surface area contributed by atoms with Crippen molar-refractivity contribution in [1.82, 2.24) is 9.80 Å². The van der Waals surface area contributed by atoms with Crippen LogP contribution in [0.2, 0.25) is 0 Å². The van der Waals surface area contributed by atoms with E-state index >= 15 is 0 Å². The number of carbonyl (C=O) groups is 2. The Morgan fingerprint density at radius 3 is 2.26 bits per heavy atom. The second-order valence-electron chi connectivity index (χ2n) is 9.75. The molecule has 2 heterocycles. The number of para-hydroxylation sites is 1. The number of hydrogen-bond acceptors (Lipinski definition) is 4. The molecule has 2 aromatic carbocycles. The molecule has 0 aromatic heterocycles. The van der Waals surface area contributed by atoms with Gasteiger partial charge >= 0.3 is 0 Å². The largest absolute Gasteiger partial charge is 0.311 e. The topological polar surface area (TPSA) is 43.9 Å². The van der Waals surface area contributed by atoms with E-state index < -0.39 is 5.92 Å². The van der Waals surface area contributed by atoms with Crippen LogP contribution in [0.15, 0.2) is 54.6 Å². The van der Waals surface area contributed by atoms with Gasteiger partial charge in [0.05, 0.1) is 5.69 Å². The zero-order valence-corrected chi connectivity index (χ0v) is 21.3. The average molecular weight is 484 g/mol. The van der Waals surface area contributed by atoms with Gasteiger partial charge in [0, 0.05) is 12.1 Å². The Bertz CT molecular complexity index is 942. The number of benzene rings is 2. The molecule has 0 saturated carbocycles. The Balaban J connectivity index is 0.00000324. The summed E-state index contributed by atoms with van der Waals surface area (Å²) < 4.78 is 0. The van der Waals surface area contributed by atoms with Gasteiger partial charge in [-0.3, -0.25) is 9.59 Å². The van der Waals surface area contributed by atoms with Gasteiger partial charge in [0.2, 0.25) is 5.91 Å². The fourth-order valence-corrected chi connectivity index (χ4v) is 5.29. The highest BCUT2D eigenvalue weighted by atomic mass is 35.5. The van der Waals surface area contributed by atoms with Gasteiger partial charge in [0.15, 0.2) is 5.78 Å². The summed E-state index contributed by atoms with van der Waals surface area (Å²) >= 11 is 0. The van der Waals surface area contributed by atoms with Crippen molar-refractivity contribution in [3.63, 3.8) is 0 Å². The first kappa shape index (κ1) is 26.4. The maximum Gasteiger partial charge on any atom is 0.237 e. The van der Waals surface area contributed by atoms with Crippen molar-refractivity contribution in [2.75, 3.05) is 51.7 Å². The first-order valence-corrected chi connectivity index (χ1v) is 12.4. The molecule has 184 valence electrons. The van der Waals surface area contributed by atoms with Gasteiger partial charge in [0.25, 0.3) is 0 Å². The fourth-order valence-electron chi connectivity index (χ4n) is 5.29. The quantitative estimate of drug-likeness (QED) is 0.477. The van der Waals surface area contributed by atoms with E-state index in [4.69, 9.17) is 0 Å².